The monoisotopic (exact) mass is 250 g/mol. The van der Waals surface area contributed by atoms with E-state index in [-0.39, 0.29) is 5.91 Å². The first kappa shape index (κ1) is 11.8. The zero-order valence-electron chi connectivity index (χ0n) is 9.46. The molecule has 0 aromatic carbocycles. The van der Waals surface area contributed by atoms with Gasteiger partial charge in [0.1, 0.15) is 6.04 Å². The summed E-state index contributed by atoms with van der Waals surface area (Å²) in [5.74, 6) is -0.189. The van der Waals surface area contributed by atoms with Crippen LogP contribution >= 0.6 is 11.3 Å². The lowest BCUT2D eigenvalue weighted by molar-refractivity contribution is -0.122. The largest absolute Gasteiger partial charge is 0.350 e. The Hall–Kier alpha value is -1.66. The molecule has 0 spiro atoms. The number of nitrogens with zero attached hydrogens (tertiary/aromatic N) is 2. The molecule has 2 heterocycles. The summed E-state index contributed by atoms with van der Waals surface area (Å²) < 4.78 is 1.63. The first-order valence-electron chi connectivity index (χ1n) is 5.21. The molecule has 0 aliphatic carbocycles. The van der Waals surface area contributed by atoms with Crippen LogP contribution in [0.4, 0.5) is 0 Å². The maximum Gasteiger partial charge on any atom is 0.241 e. The highest BCUT2D eigenvalue weighted by Gasteiger charge is 2.16. The summed E-state index contributed by atoms with van der Waals surface area (Å²) in [6.07, 6.45) is 3.35. The number of rotatable bonds is 4. The number of carbonyl (C=O) groups excluding carboxylic acids is 1. The Morgan fingerprint density at radius 3 is 3.12 bits per heavy atom. The Bertz CT molecular complexity index is 491. The summed E-state index contributed by atoms with van der Waals surface area (Å²) >= 11 is 1.60. The normalized spacial score (nSPS) is 12.4. The minimum absolute atomic E-state index is 0.189. The number of aromatic nitrogens is 2. The average Bonchev–Trinajstić information content (AvgIpc) is 2.95. The Labute approximate surface area is 103 Å². The Morgan fingerprint density at radius 2 is 2.53 bits per heavy atom. The number of hydrogen-bond acceptors (Lipinski definition) is 4. The SMILES string of the molecule is Cn1cc(C(N)C(=O)NCc2cccs2)cn1. The summed E-state index contributed by atoms with van der Waals surface area (Å²) in [4.78, 5) is 12.9. The highest BCUT2D eigenvalue weighted by molar-refractivity contribution is 7.09. The fraction of sp³-hybridized carbons (Fsp3) is 0.273. The molecule has 0 radical (unpaired) electrons. The number of hydrogen-bond donors (Lipinski definition) is 2. The molecule has 1 unspecified atom stereocenters. The van der Waals surface area contributed by atoms with Gasteiger partial charge in [-0.2, -0.15) is 5.10 Å². The van der Waals surface area contributed by atoms with E-state index in [0.29, 0.717) is 6.54 Å². The van der Waals surface area contributed by atoms with E-state index in [1.807, 2.05) is 17.5 Å². The second-order valence-corrected chi connectivity index (χ2v) is 4.75. The number of aryl methyl sites for hydroxylation is 1. The van der Waals surface area contributed by atoms with Gasteiger partial charge < -0.3 is 11.1 Å². The van der Waals surface area contributed by atoms with Crippen LogP contribution in [-0.4, -0.2) is 15.7 Å². The molecule has 90 valence electrons. The van der Waals surface area contributed by atoms with Gasteiger partial charge in [0.2, 0.25) is 5.91 Å². The first-order valence-corrected chi connectivity index (χ1v) is 6.09. The van der Waals surface area contributed by atoms with E-state index in [1.54, 1.807) is 35.5 Å². The molecule has 1 amide bonds. The molecule has 2 rings (SSSR count). The predicted molar refractivity (Wildman–Crippen MR) is 66.3 cm³/mol. The first-order chi connectivity index (χ1) is 8.16. The van der Waals surface area contributed by atoms with Crippen molar-refractivity contribution in [3.8, 4) is 0 Å². The van der Waals surface area contributed by atoms with Crippen LogP contribution in [0.1, 0.15) is 16.5 Å². The summed E-state index contributed by atoms with van der Waals surface area (Å²) in [5.41, 5.74) is 6.55. The van der Waals surface area contributed by atoms with E-state index >= 15 is 0 Å². The molecule has 2 aromatic rings. The summed E-state index contributed by atoms with van der Waals surface area (Å²) in [6, 6.07) is 3.26. The summed E-state index contributed by atoms with van der Waals surface area (Å²) in [5, 5.41) is 8.77. The number of nitrogens with two attached hydrogens (primary N) is 1. The zero-order chi connectivity index (χ0) is 12.3. The molecule has 5 nitrogen and oxygen atoms in total. The van der Waals surface area contributed by atoms with E-state index in [9.17, 15) is 4.79 Å². The van der Waals surface area contributed by atoms with E-state index in [1.165, 1.54) is 0 Å². The van der Waals surface area contributed by atoms with Crippen molar-refractivity contribution in [2.75, 3.05) is 0 Å². The van der Waals surface area contributed by atoms with Crippen molar-refractivity contribution in [2.24, 2.45) is 12.8 Å². The van der Waals surface area contributed by atoms with Gasteiger partial charge in [0.15, 0.2) is 0 Å². The lowest BCUT2D eigenvalue weighted by Crippen LogP contribution is -2.33. The zero-order valence-corrected chi connectivity index (χ0v) is 10.3. The highest BCUT2D eigenvalue weighted by atomic mass is 32.1. The molecule has 6 heteroatoms. The van der Waals surface area contributed by atoms with Crippen molar-refractivity contribution in [1.82, 2.24) is 15.1 Å². The van der Waals surface area contributed by atoms with Gasteiger partial charge in [-0.25, -0.2) is 0 Å². The number of nitrogens with one attached hydrogen (secondary N) is 1. The molecule has 0 aliphatic rings. The Kier molecular flexibility index (Phi) is 3.55. The fourth-order valence-electron chi connectivity index (χ4n) is 1.45. The Morgan fingerprint density at radius 1 is 1.71 bits per heavy atom. The molecule has 1 atom stereocenters. The van der Waals surface area contributed by atoms with Crippen LogP contribution in [0, 0.1) is 0 Å². The van der Waals surface area contributed by atoms with E-state index in [4.69, 9.17) is 5.73 Å². The van der Waals surface area contributed by atoms with Crippen LogP contribution in [0.3, 0.4) is 0 Å². The molecule has 0 fully saturated rings. The number of carbonyl (C=O) groups is 1. The van der Waals surface area contributed by atoms with Crippen LogP contribution in [0.5, 0.6) is 0 Å². The van der Waals surface area contributed by atoms with Crippen molar-refractivity contribution < 1.29 is 4.79 Å². The minimum atomic E-state index is -0.663. The summed E-state index contributed by atoms with van der Waals surface area (Å²) in [7, 11) is 1.79. The lowest BCUT2D eigenvalue weighted by atomic mass is 10.1. The van der Waals surface area contributed by atoms with Crippen LogP contribution in [0.2, 0.25) is 0 Å². The molecule has 0 aliphatic heterocycles. The molecule has 0 bridgehead atoms. The quantitative estimate of drug-likeness (QED) is 0.843. The third-order valence-corrected chi connectivity index (χ3v) is 3.26. The molecule has 17 heavy (non-hydrogen) atoms. The average molecular weight is 250 g/mol. The van der Waals surface area contributed by atoms with Gasteiger partial charge in [-0.15, -0.1) is 11.3 Å². The van der Waals surface area contributed by atoms with Crippen molar-refractivity contribution >= 4 is 17.2 Å². The number of amides is 1. The molecule has 2 aromatic heterocycles. The molecular weight excluding hydrogens is 236 g/mol. The van der Waals surface area contributed by atoms with Gasteiger partial charge in [0.25, 0.3) is 0 Å². The topological polar surface area (TPSA) is 72.9 Å². The van der Waals surface area contributed by atoms with Crippen molar-refractivity contribution in [2.45, 2.75) is 12.6 Å². The van der Waals surface area contributed by atoms with E-state index in [0.717, 1.165) is 10.4 Å². The second-order valence-electron chi connectivity index (χ2n) is 3.72. The van der Waals surface area contributed by atoms with Crippen LogP contribution in [0.15, 0.2) is 29.9 Å². The third kappa shape index (κ3) is 2.92. The van der Waals surface area contributed by atoms with Crippen molar-refractivity contribution in [3.63, 3.8) is 0 Å². The standard InChI is InChI=1S/C11H14N4OS/c1-15-7-8(5-14-15)10(12)11(16)13-6-9-3-2-4-17-9/h2-5,7,10H,6,12H2,1H3,(H,13,16). The number of thiophene rings is 1. The maximum atomic E-state index is 11.8. The molecule has 0 saturated heterocycles. The fourth-order valence-corrected chi connectivity index (χ4v) is 2.09. The van der Waals surface area contributed by atoms with Gasteiger partial charge in [0.05, 0.1) is 12.7 Å². The minimum Gasteiger partial charge on any atom is -0.350 e. The van der Waals surface area contributed by atoms with E-state index in [2.05, 4.69) is 10.4 Å². The lowest BCUT2D eigenvalue weighted by Gasteiger charge is -2.09. The smallest absolute Gasteiger partial charge is 0.241 e. The predicted octanol–water partition coefficient (Wildman–Crippen LogP) is 0.798. The van der Waals surface area contributed by atoms with Crippen molar-refractivity contribution in [3.05, 3.63) is 40.3 Å². The molecule has 3 N–H and O–H groups in total. The van der Waals surface area contributed by atoms with Gasteiger partial charge in [-0.1, -0.05) is 6.07 Å². The highest BCUT2D eigenvalue weighted by Crippen LogP contribution is 2.10. The summed E-state index contributed by atoms with van der Waals surface area (Å²) in [6.45, 7) is 0.518. The third-order valence-electron chi connectivity index (χ3n) is 2.38. The van der Waals surface area contributed by atoms with Crippen LogP contribution in [-0.2, 0) is 18.4 Å². The maximum absolute atomic E-state index is 11.8. The Balaban J connectivity index is 1.91. The van der Waals surface area contributed by atoms with E-state index < -0.39 is 6.04 Å². The molecular formula is C11H14N4OS. The molecule has 0 saturated carbocycles. The van der Waals surface area contributed by atoms with Gasteiger partial charge in [-0.05, 0) is 11.4 Å². The van der Waals surface area contributed by atoms with Gasteiger partial charge in [0, 0.05) is 23.7 Å². The van der Waals surface area contributed by atoms with Gasteiger partial charge >= 0.3 is 0 Å². The van der Waals surface area contributed by atoms with Gasteiger partial charge in [-0.3, -0.25) is 9.48 Å². The van der Waals surface area contributed by atoms with Crippen LogP contribution < -0.4 is 11.1 Å². The second kappa shape index (κ2) is 5.11. The van der Waals surface area contributed by atoms with Crippen molar-refractivity contribution in [1.29, 1.82) is 0 Å². The van der Waals surface area contributed by atoms with Crippen LogP contribution in [0.25, 0.3) is 0 Å².